The molecule has 0 unspecified atom stereocenters. The van der Waals surface area contributed by atoms with E-state index in [1.165, 1.54) is 11.3 Å². The number of aliphatic hydroxyl groups is 1. The zero-order chi connectivity index (χ0) is 15.8. The molecule has 5 nitrogen and oxygen atoms in total. The molecule has 10 heteroatoms. The zero-order valence-corrected chi connectivity index (χ0v) is 13.4. The predicted molar refractivity (Wildman–Crippen MR) is 77.1 cm³/mol. The Labute approximate surface area is 129 Å². The van der Waals surface area contributed by atoms with Crippen LogP contribution in [0.3, 0.4) is 0 Å². The van der Waals surface area contributed by atoms with Crippen molar-refractivity contribution in [1.82, 2.24) is 14.7 Å². The summed E-state index contributed by atoms with van der Waals surface area (Å²) in [6, 6.07) is 0. The van der Waals surface area contributed by atoms with Crippen molar-refractivity contribution < 1.29 is 18.3 Å². The van der Waals surface area contributed by atoms with E-state index in [1.54, 1.807) is 4.68 Å². The molecule has 21 heavy (non-hydrogen) atoms. The van der Waals surface area contributed by atoms with E-state index in [1.807, 2.05) is 23.9 Å². The van der Waals surface area contributed by atoms with E-state index in [0.29, 0.717) is 10.6 Å². The van der Waals surface area contributed by atoms with Gasteiger partial charge in [-0.25, -0.2) is 4.68 Å². The van der Waals surface area contributed by atoms with Crippen LogP contribution in [-0.2, 0) is 6.67 Å². The van der Waals surface area contributed by atoms with E-state index >= 15 is 0 Å². The maximum Gasteiger partial charge on any atom is 0.417 e. The van der Waals surface area contributed by atoms with E-state index in [4.69, 9.17) is 12.2 Å². The van der Waals surface area contributed by atoms with Gasteiger partial charge in [0.05, 0.1) is 6.67 Å². The first-order valence-corrected chi connectivity index (χ1v) is 7.61. The summed E-state index contributed by atoms with van der Waals surface area (Å²) in [5.41, 5.74) is -2.57. The van der Waals surface area contributed by atoms with E-state index < -0.39 is 11.8 Å². The Morgan fingerprint density at radius 3 is 2.38 bits per heavy atom. The Bertz CT molecular complexity index is 546. The van der Waals surface area contributed by atoms with Crippen molar-refractivity contribution in [2.24, 2.45) is 0 Å². The molecule has 1 fully saturated rings. The third-order valence-corrected chi connectivity index (χ3v) is 5.00. The van der Waals surface area contributed by atoms with Crippen molar-refractivity contribution in [3.05, 3.63) is 3.95 Å². The van der Waals surface area contributed by atoms with Gasteiger partial charge < -0.3 is 10.0 Å². The molecule has 1 N–H and O–H groups in total. The number of alkyl halides is 3. The molecule has 0 aliphatic carbocycles. The van der Waals surface area contributed by atoms with Crippen molar-refractivity contribution in [2.75, 3.05) is 32.1 Å². The molecule has 0 radical (unpaired) electrons. The summed E-state index contributed by atoms with van der Waals surface area (Å²) in [7, 11) is 3.70. The molecule has 2 heterocycles. The van der Waals surface area contributed by atoms with Crippen molar-refractivity contribution >= 4 is 28.7 Å². The van der Waals surface area contributed by atoms with E-state index in [2.05, 4.69) is 5.10 Å². The van der Waals surface area contributed by atoms with Crippen LogP contribution in [0.1, 0.15) is 12.8 Å². The lowest BCUT2D eigenvalue weighted by molar-refractivity contribution is -0.273. The van der Waals surface area contributed by atoms with Gasteiger partial charge in [-0.2, -0.15) is 13.2 Å². The molecule has 0 saturated carbocycles. The Balaban J connectivity index is 2.00. The molecule has 1 saturated heterocycles. The third kappa shape index (κ3) is 3.55. The molecule has 120 valence electrons. The van der Waals surface area contributed by atoms with Gasteiger partial charge in [-0.3, -0.25) is 4.90 Å². The fourth-order valence-electron chi connectivity index (χ4n) is 2.10. The van der Waals surface area contributed by atoms with Crippen LogP contribution in [0.25, 0.3) is 0 Å². The molecule has 0 atom stereocenters. The van der Waals surface area contributed by atoms with Gasteiger partial charge in [0.2, 0.25) is 5.13 Å². The predicted octanol–water partition coefficient (Wildman–Crippen LogP) is 2.09. The lowest BCUT2D eigenvalue weighted by Crippen LogP contribution is -2.53. The minimum absolute atomic E-state index is 0.159. The first-order valence-electron chi connectivity index (χ1n) is 6.39. The maximum atomic E-state index is 12.7. The number of nitrogens with zero attached hydrogens (tertiary/aromatic N) is 4. The number of hydrogen-bond acceptors (Lipinski definition) is 6. The second-order valence-electron chi connectivity index (χ2n) is 5.33. The number of aromatic nitrogens is 2. The number of likely N-dealkylation sites (tertiary alicyclic amines) is 1. The van der Waals surface area contributed by atoms with Gasteiger partial charge in [0.15, 0.2) is 9.56 Å². The van der Waals surface area contributed by atoms with Crippen LogP contribution in [0.15, 0.2) is 0 Å². The number of piperidine rings is 1. The van der Waals surface area contributed by atoms with Crippen molar-refractivity contribution in [1.29, 1.82) is 0 Å². The second kappa shape index (κ2) is 5.82. The Kier molecular flexibility index (Phi) is 4.62. The van der Waals surface area contributed by atoms with E-state index in [0.717, 1.165) is 5.13 Å². The average molecular weight is 342 g/mol. The Hall–Kier alpha value is -0.710. The molecule has 1 aromatic rings. The summed E-state index contributed by atoms with van der Waals surface area (Å²) in [5, 5.41) is 14.7. The van der Waals surface area contributed by atoms with Crippen LogP contribution in [0, 0.1) is 3.95 Å². The van der Waals surface area contributed by atoms with Gasteiger partial charge in [0.25, 0.3) is 0 Å². The molecular formula is C11H17F3N4OS2. The van der Waals surface area contributed by atoms with E-state index in [-0.39, 0.29) is 25.9 Å². The van der Waals surface area contributed by atoms with Gasteiger partial charge in [-0.05, 0) is 25.1 Å². The minimum Gasteiger partial charge on any atom is -0.380 e. The fraction of sp³-hybridized carbons (Fsp3) is 0.818. The number of halogens is 3. The van der Waals surface area contributed by atoms with Crippen molar-refractivity contribution in [3.8, 4) is 0 Å². The molecule has 2 rings (SSSR count). The lowest BCUT2D eigenvalue weighted by Gasteiger charge is -2.38. The second-order valence-corrected chi connectivity index (χ2v) is 6.93. The summed E-state index contributed by atoms with van der Waals surface area (Å²) in [6.45, 7) is 0.663. The zero-order valence-electron chi connectivity index (χ0n) is 11.7. The van der Waals surface area contributed by atoms with Crippen molar-refractivity contribution in [2.45, 2.75) is 31.3 Å². The van der Waals surface area contributed by atoms with Gasteiger partial charge in [0, 0.05) is 27.2 Å². The molecule has 0 bridgehead atoms. The normalized spacial score (nSPS) is 19.7. The minimum atomic E-state index is -4.58. The van der Waals surface area contributed by atoms with Crippen LogP contribution in [-0.4, -0.2) is 58.7 Å². The van der Waals surface area contributed by atoms with Crippen LogP contribution < -0.4 is 4.90 Å². The SMILES string of the molecule is CN(C)c1nn(CN2CCC(O)(C(F)(F)F)CC2)c(=S)s1. The average Bonchev–Trinajstić information content (AvgIpc) is 2.73. The van der Waals surface area contributed by atoms with Gasteiger partial charge >= 0.3 is 6.18 Å². The van der Waals surface area contributed by atoms with Crippen molar-refractivity contribution in [3.63, 3.8) is 0 Å². The number of anilines is 1. The van der Waals surface area contributed by atoms with E-state index in [9.17, 15) is 18.3 Å². The molecular weight excluding hydrogens is 325 g/mol. The highest BCUT2D eigenvalue weighted by molar-refractivity contribution is 7.73. The van der Waals surface area contributed by atoms with Crippen LogP contribution in [0.4, 0.5) is 18.3 Å². The Morgan fingerprint density at radius 2 is 1.95 bits per heavy atom. The highest BCUT2D eigenvalue weighted by Crippen LogP contribution is 2.38. The van der Waals surface area contributed by atoms with Crippen LogP contribution in [0.2, 0.25) is 0 Å². The maximum absolute atomic E-state index is 12.7. The van der Waals surface area contributed by atoms with Crippen LogP contribution in [0.5, 0.6) is 0 Å². The fourth-order valence-corrected chi connectivity index (χ4v) is 3.11. The molecule has 1 aromatic heterocycles. The summed E-state index contributed by atoms with van der Waals surface area (Å²) < 4.78 is 40.4. The molecule has 1 aliphatic rings. The largest absolute Gasteiger partial charge is 0.417 e. The highest BCUT2D eigenvalue weighted by atomic mass is 32.1. The topological polar surface area (TPSA) is 44.5 Å². The van der Waals surface area contributed by atoms with Gasteiger partial charge in [-0.15, -0.1) is 5.10 Å². The summed E-state index contributed by atoms with van der Waals surface area (Å²) in [6.07, 6.45) is -5.23. The lowest BCUT2D eigenvalue weighted by atomic mass is 9.91. The first kappa shape index (κ1) is 16.7. The number of hydrogen-bond donors (Lipinski definition) is 1. The third-order valence-electron chi connectivity index (χ3n) is 3.52. The molecule has 1 aliphatic heterocycles. The first-order chi connectivity index (χ1) is 9.62. The standard InChI is InChI=1S/C11H17F3N4OS2/c1-16(2)8-15-18(9(20)21-8)7-17-5-3-10(19,4-6-17)11(12,13)14/h19H,3-7H2,1-2H3. The monoisotopic (exact) mass is 342 g/mol. The van der Waals surface area contributed by atoms with Gasteiger partial charge in [-0.1, -0.05) is 11.3 Å². The summed E-state index contributed by atoms with van der Waals surface area (Å²) in [5.74, 6) is 0. The number of rotatable bonds is 3. The Morgan fingerprint density at radius 1 is 1.38 bits per heavy atom. The molecule has 0 aromatic carbocycles. The quantitative estimate of drug-likeness (QED) is 0.852. The summed E-state index contributed by atoms with van der Waals surface area (Å²) in [4.78, 5) is 3.64. The van der Waals surface area contributed by atoms with Gasteiger partial charge in [0.1, 0.15) is 0 Å². The summed E-state index contributed by atoms with van der Waals surface area (Å²) >= 11 is 6.55. The smallest absolute Gasteiger partial charge is 0.380 e. The molecule has 0 amide bonds. The molecule has 0 spiro atoms. The highest BCUT2D eigenvalue weighted by Gasteiger charge is 2.54. The van der Waals surface area contributed by atoms with Crippen LogP contribution >= 0.6 is 23.6 Å².